The molecule has 0 saturated heterocycles. The Hall–Kier alpha value is -1.81. The highest BCUT2D eigenvalue weighted by Crippen LogP contribution is 2.45. The van der Waals surface area contributed by atoms with Crippen LogP contribution in [0.1, 0.15) is 17.7 Å². The lowest BCUT2D eigenvalue weighted by Gasteiger charge is -2.15. The highest BCUT2D eigenvalue weighted by Gasteiger charge is 2.37. The minimum absolute atomic E-state index is 0.172. The molecule has 1 heterocycles. The molecule has 162 valence electrons. The zero-order chi connectivity index (χ0) is 22.9. The molecule has 2 aromatic rings. The van der Waals surface area contributed by atoms with Gasteiger partial charge in [0.25, 0.3) is 0 Å². The Kier molecular flexibility index (Phi) is 7.45. The van der Waals surface area contributed by atoms with Crippen molar-refractivity contribution in [2.75, 3.05) is 11.2 Å². The van der Waals surface area contributed by atoms with Crippen molar-refractivity contribution in [2.24, 2.45) is 0 Å². The van der Waals surface area contributed by atoms with Crippen molar-refractivity contribution in [3.63, 3.8) is 0 Å². The fourth-order valence-corrected chi connectivity index (χ4v) is 3.64. The zero-order valence-electron chi connectivity index (χ0n) is 14.1. The number of thioether (sulfide) groups is 1. The highest BCUT2D eigenvalue weighted by molar-refractivity contribution is 8.00. The Morgan fingerprint density at radius 3 is 2.20 bits per heavy atom. The summed E-state index contributed by atoms with van der Waals surface area (Å²) in [4.78, 5) is 11.2. The van der Waals surface area contributed by atoms with E-state index in [0.717, 1.165) is 0 Å². The fourth-order valence-electron chi connectivity index (χ4n) is 2.17. The summed E-state index contributed by atoms with van der Waals surface area (Å²) in [7, 11) is 0. The number of halogens is 9. The Morgan fingerprint density at radius 2 is 1.77 bits per heavy atom. The van der Waals surface area contributed by atoms with E-state index in [2.05, 4.69) is 10.4 Å². The Morgan fingerprint density at radius 1 is 1.20 bits per heavy atom. The summed E-state index contributed by atoms with van der Waals surface area (Å²) in [5, 5.41) is 13.7. The Balaban J connectivity index is 2.76. The second kappa shape index (κ2) is 9.13. The standard InChI is InChI=1S/C15H7Cl3F6N4OS/c16-2-1-10(29)26-13-12(30-15(22,23)24)9(5-25)27-28(13)11-7(17)3-6(4-8(11)18)14(19,20)21/h3-4H,1-2H2,(H,26,29). The molecule has 1 aromatic heterocycles. The van der Waals surface area contributed by atoms with Crippen LogP contribution in [-0.2, 0) is 11.0 Å². The van der Waals surface area contributed by atoms with E-state index in [1.54, 1.807) is 0 Å². The van der Waals surface area contributed by atoms with Crippen LogP contribution in [0.2, 0.25) is 10.0 Å². The molecule has 15 heteroatoms. The number of nitrogens with one attached hydrogen (secondary N) is 1. The summed E-state index contributed by atoms with van der Waals surface area (Å²) < 4.78 is 78.4. The number of carbonyl (C=O) groups is 1. The predicted molar refractivity (Wildman–Crippen MR) is 99.2 cm³/mol. The van der Waals surface area contributed by atoms with Crippen LogP contribution >= 0.6 is 46.6 Å². The maximum atomic E-state index is 13.0. The molecule has 1 N–H and O–H groups in total. The molecule has 0 aliphatic carbocycles. The van der Waals surface area contributed by atoms with Gasteiger partial charge in [-0.2, -0.15) is 36.7 Å². The monoisotopic (exact) mass is 510 g/mol. The molecule has 5 nitrogen and oxygen atoms in total. The molecule has 0 fully saturated rings. The quantitative estimate of drug-likeness (QED) is 0.293. The second-order valence-corrected chi connectivity index (χ2v) is 7.64. The zero-order valence-corrected chi connectivity index (χ0v) is 17.2. The number of hydrogen-bond acceptors (Lipinski definition) is 4. The van der Waals surface area contributed by atoms with Crippen molar-refractivity contribution in [3.05, 3.63) is 33.4 Å². The number of nitrogens with zero attached hydrogens (tertiary/aromatic N) is 3. The molecule has 0 atom stereocenters. The number of carbonyl (C=O) groups excluding carboxylic acids is 1. The first-order valence-corrected chi connectivity index (χ1v) is 9.60. The first kappa shape index (κ1) is 24.5. The SMILES string of the molecule is N#Cc1nn(-c2c(Cl)cc(C(F)(F)F)cc2Cl)c(NC(=O)CCCl)c1SC(F)(F)F. The first-order chi connectivity index (χ1) is 13.8. The second-order valence-electron chi connectivity index (χ2n) is 5.37. The van der Waals surface area contributed by atoms with E-state index in [-0.39, 0.29) is 12.3 Å². The predicted octanol–water partition coefficient (Wildman–Crippen LogP) is 6.25. The number of hydrogen-bond donors (Lipinski definition) is 1. The van der Waals surface area contributed by atoms with E-state index in [0.29, 0.717) is 16.8 Å². The van der Waals surface area contributed by atoms with E-state index >= 15 is 0 Å². The van der Waals surface area contributed by atoms with Gasteiger partial charge in [-0.3, -0.25) is 4.79 Å². The largest absolute Gasteiger partial charge is 0.446 e. The van der Waals surface area contributed by atoms with Gasteiger partial charge < -0.3 is 5.32 Å². The third-order valence-electron chi connectivity index (χ3n) is 3.30. The van der Waals surface area contributed by atoms with Crippen LogP contribution in [0.3, 0.4) is 0 Å². The van der Waals surface area contributed by atoms with E-state index in [9.17, 15) is 36.4 Å². The molecular weight excluding hydrogens is 505 g/mol. The summed E-state index contributed by atoms with van der Waals surface area (Å²) in [5.74, 6) is -1.65. The van der Waals surface area contributed by atoms with Crippen molar-refractivity contribution < 1.29 is 31.1 Å². The number of benzene rings is 1. The molecular formula is C15H7Cl3F6N4OS. The Labute approximate surface area is 183 Å². The molecule has 0 radical (unpaired) electrons. The summed E-state index contributed by atoms with van der Waals surface area (Å²) in [6.45, 7) is 0. The molecule has 0 aliphatic heterocycles. The van der Waals surface area contributed by atoms with Crippen LogP contribution in [0.4, 0.5) is 32.2 Å². The van der Waals surface area contributed by atoms with Crippen LogP contribution in [0.5, 0.6) is 0 Å². The topological polar surface area (TPSA) is 70.7 Å². The molecule has 0 bridgehead atoms. The molecule has 0 unspecified atom stereocenters. The lowest BCUT2D eigenvalue weighted by Crippen LogP contribution is -2.17. The van der Waals surface area contributed by atoms with Crippen LogP contribution in [0.15, 0.2) is 17.0 Å². The van der Waals surface area contributed by atoms with Gasteiger partial charge >= 0.3 is 11.7 Å². The Bertz CT molecular complexity index is 993. The van der Waals surface area contributed by atoms with Gasteiger partial charge in [0.15, 0.2) is 11.5 Å². The lowest BCUT2D eigenvalue weighted by molar-refractivity contribution is -0.137. The van der Waals surface area contributed by atoms with Crippen LogP contribution in [0, 0.1) is 11.3 Å². The van der Waals surface area contributed by atoms with E-state index < -0.39 is 67.1 Å². The van der Waals surface area contributed by atoms with Crippen LogP contribution < -0.4 is 5.32 Å². The molecule has 2 rings (SSSR count). The summed E-state index contributed by atoms with van der Waals surface area (Å²) >= 11 is 16.5. The van der Waals surface area contributed by atoms with Gasteiger partial charge in [0.2, 0.25) is 5.91 Å². The van der Waals surface area contributed by atoms with E-state index in [4.69, 9.17) is 34.8 Å². The van der Waals surface area contributed by atoms with Gasteiger partial charge in [-0.25, -0.2) is 4.68 Å². The number of rotatable bonds is 5. The van der Waals surface area contributed by atoms with E-state index in [1.165, 1.54) is 6.07 Å². The van der Waals surface area contributed by atoms with Crippen molar-refractivity contribution >= 4 is 58.3 Å². The van der Waals surface area contributed by atoms with Gasteiger partial charge in [-0.1, -0.05) is 23.2 Å². The molecule has 1 aromatic carbocycles. The number of alkyl halides is 7. The lowest BCUT2D eigenvalue weighted by atomic mass is 10.2. The van der Waals surface area contributed by atoms with Crippen LogP contribution in [-0.4, -0.2) is 27.1 Å². The van der Waals surface area contributed by atoms with Crippen molar-refractivity contribution in [1.29, 1.82) is 5.26 Å². The minimum Gasteiger partial charge on any atom is -0.310 e. The third kappa shape index (κ3) is 5.66. The first-order valence-electron chi connectivity index (χ1n) is 7.49. The normalized spacial score (nSPS) is 12.0. The average Bonchev–Trinajstić information content (AvgIpc) is 2.89. The minimum atomic E-state index is -4.88. The highest BCUT2D eigenvalue weighted by atomic mass is 35.5. The smallest absolute Gasteiger partial charge is 0.310 e. The summed E-state index contributed by atoms with van der Waals surface area (Å²) in [6.07, 6.45) is -5.11. The fraction of sp³-hybridized carbons (Fsp3) is 0.267. The molecule has 0 spiro atoms. The van der Waals surface area contributed by atoms with Crippen molar-refractivity contribution in [2.45, 2.75) is 23.0 Å². The van der Waals surface area contributed by atoms with Crippen molar-refractivity contribution in [1.82, 2.24) is 9.78 Å². The number of aromatic nitrogens is 2. The van der Waals surface area contributed by atoms with Gasteiger partial charge in [0.05, 0.1) is 20.5 Å². The van der Waals surface area contributed by atoms with E-state index in [1.807, 2.05) is 0 Å². The van der Waals surface area contributed by atoms with Crippen molar-refractivity contribution in [3.8, 4) is 11.8 Å². The van der Waals surface area contributed by atoms with Crippen LogP contribution in [0.25, 0.3) is 5.69 Å². The maximum absolute atomic E-state index is 13.0. The maximum Gasteiger partial charge on any atom is 0.446 e. The summed E-state index contributed by atoms with van der Waals surface area (Å²) in [5.41, 5.74) is -7.31. The average molecular weight is 512 g/mol. The van der Waals surface area contributed by atoms with Gasteiger partial charge in [0, 0.05) is 12.3 Å². The summed E-state index contributed by atoms with van der Waals surface area (Å²) in [6, 6.07) is 2.40. The molecule has 0 aliphatic rings. The molecule has 1 amide bonds. The third-order valence-corrected chi connectivity index (χ3v) is 4.89. The van der Waals surface area contributed by atoms with Gasteiger partial charge in [0.1, 0.15) is 11.8 Å². The number of amides is 1. The number of nitriles is 1. The number of anilines is 1. The van der Waals surface area contributed by atoms with Gasteiger partial charge in [-0.05, 0) is 23.9 Å². The molecule has 30 heavy (non-hydrogen) atoms. The molecule has 0 saturated carbocycles. The van der Waals surface area contributed by atoms with Gasteiger partial charge in [-0.15, -0.1) is 11.6 Å².